The van der Waals surface area contributed by atoms with Crippen LogP contribution in [0.5, 0.6) is 0 Å². The van der Waals surface area contributed by atoms with E-state index in [1.165, 1.54) is 0 Å². The lowest BCUT2D eigenvalue weighted by Gasteiger charge is -2.37. The molecule has 5 aromatic rings. The van der Waals surface area contributed by atoms with Crippen molar-refractivity contribution in [2.45, 2.75) is 24.9 Å². The van der Waals surface area contributed by atoms with Gasteiger partial charge in [0.05, 0.1) is 25.0 Å². The fourth-order valence-electron chi connectivity index (χ4n) is 5.63. The quantitative estimate of drug-likeness (QED) is 0.241. The third-order valence-corrected chi connectivity index (χ3v) is 7.70. The Morgan fingerprint density at radius 1 is 0.763 bits per heavy atom. The van der Waals surface area contributed by atoms with Crippen LogP contribution in [0, 0.1) is 0 Å². The van der Waals surface area contributed by atoms with E-state index in [0.29, 0.717) is 24.5 Å². The van der Waals surface area contributed by atoms with Crippen LogP contribution in [0.2, 0.25) is 5.02 Å². The summed E-state index contributed by atoms with van der Waals surface area (Å²) in [5.41, 5.74) is 5.86. The van der Waals surface area contributed by atoms with Gasteiger partial charge in [-0.3, -0.25) is 4.79 Å². The highest BCUT2D eigenvalue weighted by atomic mass is 35.5. The van der Waals surface area contributed by atoms with Gasteiger partial charge in [0.15, 0.2) is 0 Å². The van der Waals surface area contributed by atoms with Gasteiger partial charge in [0.25, 0.3) is 0 Å². The fraction of sp³-hybridized carbons (Fsp3) is 0.152. The molecule has 0 radical (unpaired) electrons. The lowest BCUT2D eigenvalue weighted by molar-refractivity contribution is -0.130. The van der Waals surface area contributed by atoms with E-state index in [4.69, 9.17) is 16.6 Å². The summed E-state index contributed by atoms with van der Waals surface area (Å²) < 4.78 is 2.19. The fourth-order valence-corrected chi connectivity index (χ4v) is 5.83. The molecular weight excluding hydrogens is 490 g/mol. The Morgan fingerprint density at radius 3 is 1.92 bits per heavy atom. The number of hydrogen-bond acceptors (Lipinski definition) is 2. The zero-order valence-corrected chi connectivity index (χ0v) is 21.8. The first-order valence-corrected chi connectivity index (χ1v) is 13.3. The van der Waals surface area contributed by atoms with Gasteiger partial charge in [-0.1, -0.05) is 109 Å². The molecule has 0 bridgehead atoms. The van der Waals surface area contributed by atoms with Crippen molar-refractivity contribution in [3.63, 3.8) is 0 Å². The summed E-state index contributed by atoms with van der Waals surface area (Å²) in [5, 5.41) is 0.711. The standard InChI is InChI=1S/C33H28ClN3O/c34-30-17-16-25-21-32(38)36(19-18-26(25)20-30)22-31-23-37(24-35-31)33(27-10-4-1-5-11-27,28-12-6-2-7-13-28)29-14-8-3-9-15-29/h1-17,20,23-24H,18-19,21-22H2. The smallest absolute Gasteiger partial charge is 0.227 e. The van der Waals surface area contributed by atoms with Crippen LogP contribution in [0.4, 0.5) is 0 Å². The summed E-state index contributed by atoms with van der Waals surface area (Å²) in [6, 6.07) is 37.4. The molecule has 38 heavy (non-hydrogen) atoms. The number of amides is 1. The van der Waals surface area contributed by atoms with Crippen LogP contribution in [-0.4, -0.2) is 26.9 Å². The number of hydrogen-bond donors (Lipinski definition) is 0. The van der Waals surface area contributed by atoms with Gasteiger partial charge >= 0.3 is 0 Å². The highest BCUT2D eigenvalue weighted by Gasteiger charge is 2.38. The first-order chi connectivity index (χ1) is 18.6. The van der Waals surface area contributed by atoms with E-state index in [1.54, 1.807) is 0 Å². The first-order valence-electron chi connectivity index (χ1n) is 12.9. The molecule has 6 rings (SSSR count). The van der Waals surface area contributed by atoms with Crippen LogP contribution in [0.25, 0.3) is 0 Å². The zero-order chi connectivity index (χ0) is 26.0. The molecule has 0 N–H and O–H groups in total. The van der Waals surface area contributed by atoms with E-state index in [0.717, 1.165) is 39.9 Å². The Bertz CT molecular complexity index is 1450. The van der Waals surface area contributed by atoms with Gasteiger partial charge in [0, 0.05) is 17.8 Å². The van der Waals surface area contributed by atoms with Gasteiger partial charge in [-0.25, -0.2) is 4.98 Å². The molecule has 0 spiro atoms. The monoisotopic (exact) mass is 517 g/mol. The summed E-state index contributed by atoms with van der Waals surface area (Å²) >= 11 is 6.22. The minimum Gasteiger partial charge on any atom is -0.336 e. The zero-order valence-electron chi connectivity index (χ0n) is 21.0. The second kappa shape index (κ2) is 10.3. The maximum atomic E-state index is 13.2. The molecule has 0 unspecified atom stereocenters. The summed E-state index contributed by atoms with van der Waals surface area (Å²) in [5.74, 6) is 0.112. The molecule has 188 valence electrons. The van der Waals surface area contributed by atoms with Crippen molar-refractivity contribution in [1.29, 1.82) is 0 Å². The highest BCUT2D eigenvalue weighted by Crippen LogP contribution is 2.40. The van der Waals surface area contributed by atoms with Crippen molar-refractivity contribution >= 4 is 17.5 Å². The molecule has 0 atom stereocenters. The Morgan fingerprint density at radius 2 is 1.34 bits per heavy atom. The normalized spacial score (nSPS) is 13.7. The Hall–Kier alpha value is -4.15. The molecule has 1 aromatic heterocycles. The number of nitrogens with zero attached hydrogens (tertiary/aromatic N) is 3. The van der Waals surface area contributed by atoms with Crippen molar-refractivity contribution in [1.82, 2.24) is 14.5 Å². The highest BCUT2D eigenvalue weighted by molar-refractivity contribution is 6.30. The van der Waals surface area contributed by atoms with E-state index in [1.807, 2.05) is 47.6 Å². The van der Waals surface area contributed by atoms with Gasteiger partial charge < -0.3 is 9.47 Å². The van der Waals surface area contributed by atoms with E-state index < -0.39 is 5.54 Å². The molecule has 1 amide bonds. The Balaban J connectivity index is 1.40. The molecule has 0 fully saturated rings. The summed E-state index contributed by atoms with van der Waals surface area (Å²) in [6.07, 6.45) is 5.16. The number of fused-ring (bicyclic) bond motifs is 1. The summed E-state index contributed by atoms with van der Waals surface area (Å²) in [4.78, 5) is 19.9. The molecule has 0 saturated heterocycles. The van der Waals surface area contributed by atoms with E-state index >= 15 is 0 Å². The second-order valence-electron chi connectivity index (χ2n) is 9.74. The second-order valence-corrected chi connectivity index (χ2v) is 10.2. The van der Waals surface area contributed by atoms with Crippen LogP contribution in [0.15, 0.2) is 122 Å². The summed E-state index contributed by atoms with van der Waals surface area (Å²) in [7, 11) is 0. The number of carbonyl (C=O) groups excluding carboxylic acids is 1. The van der Waals surface area contributed by atoms with Gasteiger partial charge in [0.1, 0.15) is 5.54 Å². The third kappa shape index (κ3) is 4.42. The molecule has 0 aliphatic carbocycles. The predicted molar refractivity (Wildman–Crippen MR) is 151 cm³/mol. The molecule has 4 nitrogen and oxygen atoms in total. The van der Waals surface area contributed by atoms with Crippen molar-refractivity contribution in [3.05, 3.63) is 160 Å². The van der Waals surface area contributed by atoms with Crippen molar-refractivity contribution in [2.75, 3.05) is 6.54 Å². The maximum absolute atomic E-state index is 13.2. The van der Waals surface area contributed by atoms with Crippen LogP contribution >= 0.6 is 11.6 Å². The molecule has 5 heteroatoms. The predicted octanol–water partition coefficient (Wildman–Crippen LogP) is 6.50. The number of imidazole rings is 1. The Kier molecular flexibility index (Phi) is 6.57. The minimum absolute atomic E-state index is 0.112. The van der Waals surface area contributed by atoms with Crippen molar-refractivity contribution in [2.24, 2.45) is 0 Å². The lowest BCUT2D eigenvalue weighted by atomic mass is 9.77. The lowest BCUT2D eigenvalue weighted by Crippen LogP contribution is -2.37. The minimum atomic E-state index is -0.620. The van der Waals surface area contributed by atoms with Gasteiger partial charge in [0.2, 0.25) is 5.91 Å². The molecule has 1 aliphatic heterocycles. The van der Waals surface area contributed by atoms with Gasteiger partial charge in [-0.15, -0.1) is 0 Å². The number of halogens is 1. The first kappa shape index (κ1) is 24.2. The summed E-state index contributed by atoms with van der Waals surface area (Å²) in [6.45, 7) is 1.10. The topological polar surface area (TPSA) is 38.1 Å². The number of carbonyl (C=O) groups is 1. The van der Waals surface area contributed by atoms with Crippen LogP contribution in [0.3, 0.4) is 0 Å². The van der Waals surface area contributed by atoms with Crippen molar-refractivity contribution in [3.8, 4) is 0 Å². The molecular formula is C33H28ClN3O. The van der Waals surface area contributed by atoms with Crippen LogP contribution in [-0.2, 0) is 29.7 Å². The average Bonchev–Trinajstić information content (AvgIpc) is 3.37. The number of aromatic nitrogens is 2. The Labute approximate surface area is 228 Å². The van der Waals surface area contributed by atoms with E-state index in [2.05, 4.69) is 83.6 Å². The molecule has 2 heterocycles. The van der Waals surface area contributed by atoms with Crippen LogP contribution in [0.1, 0.15) is 33.5 Å². The largest absolute Gasteiger partial charge is 0.336 e. The van der Waals surface area contributed by atoms with Crippen molar-refractivity contribution < 1.29 is 4.79 Å². The SMILES string of the molecule is O=C1Cc2ccc(Cl)cc2CCN1Cc1cn(C(c2ccccc2)(c2ccccc2)c2ccccc2)cn1. The third-order valence-electron chi connectivity index (χ3n) is 7.46. The van der Waals surface area contributed by atoms with Gasteiger partial charge in [-0.2, -0.15) is 0 Å². The van der Waals surface area contributed by atoms with E-state index in [-0.39, 0.29) is 5.91 Å². The number of benzene rings is 4. The molecule has 1 aliphatic rings. The molecule has 4 aromatic carbocycles. The maximum Gasteiger partial charge on any atom is 0.227 e. The van der Waals surface area contributed by atoms with Gasteiger partial charge in [-0.05, 0) is 46.4 Å². The molecule has 0 saturated carbocycles. The van der Waals surface area contributed by atoms with E-state index in [9.17, 15) is 4.79 Å². The average molecular weight is 518 g/mol. The number of rotatable bonds is 6. The van der Waals surface area contributed by atoms with Crippen LogP contribution < -0.4 is 0 Å².